The van der Waals surface area contributed by atoms with E-state index in [1.165, 1.54) is 5.01 Å². The molecular formula is C4H12N2O. The lowest BCUT2D eigenvalue weighted by molar-refractivity contribution is 0.161. The molecule has 0 saturated carbocycles. The van der Waals surface area contributed by atoms with Gasteiger partial charge < -0.3 is 5.11 Å². The summed E-state index contributed by atoms with van der Waals surface area (Å²) in [6, 6.07) is 0.0694. The second-order valence-corrected chi connectivity index (χ2v) is 1.70. The van der Waals surface area contributed by atoms with Crippen molar-refractivity contribution in [1.82, 2.24) is 5.01 Å². The van der Waals surface area contributed by atoms with Crippen LogP contribution in [0.5, 0.6) is 0 Å². The van der Waals surface area contributed by atoms with E-state index in [2.05, 4.69) is 0 Å². The molecule has 0 aromatic carbocycles. The van der Waals surface area contributed by atoms with E-state index < -0.39 is 0 Å². The number of hydrazine groups is 1. The summed E-state index contributed by atoms with van der Waals surface area (Å²) in [7, 11) is 1.72. The van der Waals surface area contributed by atoms with Gasteiger partial charge in [0, 0.05) is 13.1 Å². The van der Waals surface area contributed by atoms with Gasteiger partial charge in [0.25, 0.3) is 0 Å². The number of likely N-dealkylation sites (N-methyl/N-ethyl adjacent to an activating group) is 1. The van der Waals surface area contributed by atoms with Crippen LogP contribution in [0.2, 0.25) is 0 Å². The molecule has 0 amide bonds. The van der Waals surface area contributed by atoms with E-state index in [9.17, 15) is 0 Å². The molecule has 0 fully saturated rings. The monoisotopic (exact) mass is 104 g/mol. The van der Waals surface area contributed by atoms with Crippen LogP contribution < -0.4 is 5.84 Å². The van der Waals surface area contributed by atoms with Crippen molar-refractivity contribution >= 4 is 0 Å². The predicted octanol–water partition coefficient (Wildman–Crippen LogP) is -0.827. The Bertz CT molecular complexity index is 47.0. The van der Waals surface area contributed by atoms with Gasteiger partial charge in [-0.1, -0.05) is 0 Å². The predicted molar refractivity (Wildman–Crippen MR) is 28.5 cm³/mol. The van der Waals surface area contributed by atoms with Crippen LogP contribution in [0.25, 0.3) is 0 Å². The Morgan fingerprint density at radius 3 is 2.29 bits per heavy atom. The molecule has 0 heterocycles. The second kappa shape index (κ2) is 2.96. The second-order valence-electron chi connectivity index (χ2n) is 1.70. The van der Waals surface area contributed by atoms with Gasteiger partial charge in [0.05, 0.1) is 6.61 Å². The Morgan fingerprint density at radius 2 is 2.29 bits per heavy atom. The Labute approximate surface area is 43.7 Å². The largest absolute Gasteiger partial charge is 0.395 e. The minimum Gasteiger partial charge on any atom is -0.395 e. The maximum Gasteiger partial charge on any atom is 0.0597 e. The number of nitrogens with zero attached hydrogens (tertiary/aromatic N) is 1. The summed E-state index contributed by atoms with van der Waals surface area (Å²) < 4.78 is 0. The van der Waals surface area contributed by atoms with Crippen LogP contribution in [0.1, 0.15) is 6.92 Å². The highest BCUT2D eigenvalue weighted by atomic mass is 16.3. The molecule has 0 saturated heterocycles. The Hall–Kier alpha value is -0.120. The lowest BCUT2D eigenvalue weighted by atomic mass is 10.4. The summed E-state index contributed by atoms with van der Waals surface area (Å²) in [6.45, 7) is 1.97. The molecule has 0 radical (unpaired) electrons. The van der Waals surface area contributed by atoms with Crippen LogP contribution in [0.4, 0.5) is 0 Å². The van der Waals surface area contributed by atoms with Crippen molar-refractivity contribution in [2.24, 2.45) is 5.84 Å². The zero-order chi connectivity index (χ0) is 5.86. The SMILES string of the molecule is C[C@@H](CO)N(C)N. The van der Waals surface area contributed by atoms with Gasteiger partial charge >= 0.3 is 0 Å². The number of aliphatic hydroxyl groups excluding tert-OH is 1. The molecule has 0 spiro atoms. The summed E-state index contributed by atoms with van der Waals surface area (Å²) in [5, 5.41) is 9.86. The quantitative estimate of drug-likeness (QED) is 0.355. The Kier molecular flexibility index (Phi) is 2.91. The van der Waals surface area contributed by atoms with Gasteiger partial charge in [0.15, 0.2) is 0 Å². The highest BCUT2D eigenvalue weighted by Gasteiger charge is 1.99. The zero-order valence-corrected chi connectivity index (χ0v) is 4.76. The standard InChI is InChI=1S/C4H12N2O/c1-4(3-7)6(2)5/h4,7H,3,5H2,1-2H3/t4-/m0/s1. The van der Waals surface area contributed by atoms with E-state index in [1.54, 1.807) is 7.05 Å². The van der Waals surface area contributed by atoms with E-state index in [-0.39, 0.29) is 12.6 Å². The lowest BCUT2D eigenvalue weighted by Gasteiger charge is -2.15. The zero-order valence-electron chi connectivity index (χ0n) is 4.76. The lowest BCUT2D eigenvalue weighted by Crippen LogP contribution is -2.37. The van der Waals surface area contributed by atoms with Crippen LogP contribution >= 0.6 is 0 Å². The molecule has 7 heavy (non-hydrogen) atoms. The molecule has 0 bridgehead atoms. The van der Waals surface area contributed by atoms with Crippen LogP contribution in [0.15, 0.2) is 0 Å². The molecule has 3 nitrogen and oxygen atoms in total. The fraction of sp³-hybridized carbons (Fsp3) is 1.00. The smallest absolute Gasteiger partial charge is 0.0597 e. The van der Waals surface area contributed by atoms with E-state index in [4.69, 9.17) is 10.9 Å². The van der Waals surface area contributed by atoms with Gasteiger partial charge in [-0.15, -0.1) is 0 Å². The summed E-state index contributed by atoms with van der Waals surface area (Å²) in [6.07, 6.45) is 0. The fourth-order valence-corrected chi connectivity index (χ4v) is 0.129. The minimum atomic E-state index is 0.0694. The number of nitrogens with two attached hydrogens (primary N) is 1. The highest BCUT2D eigenvalue weighted by molar-refractivity contribution is 4.51. The molecule has 0 aliphatic carbocycles. The third-order valence-electron chi connectivity index (χ3n) is 0.959. The number of rotatable bonds is 2. The summed E-state index contributed by atoms with van der Waals surface area (Å²) in [5.74, 6) is 5.22. The summed E-state index contributed by atoms with van der Waals surface area (Å²) in [5.41, 5.74) is 0. The van der Waals surface area contributed by atoms with Gasteiger partial charge in [-0.05, 0) is 6.92 Å². The number of aliphatic hydroxyl groups is 1. The maximum absolute atomic E-state index is 8.38. The van der Waals surface area contributed by atoms with Crippen molar-refractivity contribution in [2.45, 2.75) is 13.0 Å². The van der Waals surface area contributed by atoms with Gasteiger partial charge in [0.2, 0.25) is 0 Å². The highest BCUT2D eigenvalue weighted by Crippen LogP contribution is 1.82. The fourth-order valence-electron chi connectivity index (χ4n) is 0.129. The van der Waals surface area contributed by atoms with Crippen molar-refractivity contribution in [1.29, 1.82) is 0 Å². The Balaban J connectivity index is 3.14. The van der Waals surface area contributed by atoms with Crippen LogP contribution in [0.3, 0.4) is 0 Å². The summed E-state index contributed by atoms with van der Waals surface area (Å²) in [4.78, 5) is 0. The molecule has 1 atom stereocenters. The van der Waals surface area contributed by atoms with Gasteiger partial charge in [0.1, 0.15) is 0 Å². The average molecular weight is 104 g/mol. The molecule has 0 unspecified atom stereocenters. The maximum atomic E-state index is 8.38. The first-order chi connectivity index (χ1) is 3.18. The topological polar surface area (TPSA) is 49.5 Å². The number of hydrogen-bond acceptors (Lipinski definition) is 3. The van der Waals surface area contributed by atoms with Crippen LogP contribution in [0, 0.1) is 0 Å². The molecule has 3 heteroatoms. The van der Waals surface area contributed by atoms with Crippen molar-refractivity contribution in [3.05, 3.63) is 0 Å². The first-order valence-corrected chi connectivity index (χ1v) is 2.27. The third kappa shape index (κ3) is 2.56. The van der Waals surface area contributed by atoms with Crippen molar-refractivity contribution in [3.63, 3.8) is 0 Å². The van der Waals surface area contributed by atoms with Gasteiger partial charge in [-0.25, -0.2) is 5.01 Å². The normalized spacial score (nSPS) is 15.0. The van der Waals surface area contributed by atoms with E-state index >= 15 is 0 Å². The minimum absolute atomic E-state index is 0.0694. The first-order valence-electron chi connectivity index (χ1n) is 2.27. The molecule has 0 aliphatic heterocycles. The van der Waals surface area contributed by atoms with Gasteiger partial charge in [-0.3, -0.25) is 5.84 Å². The average Bonchev–Trinajstić information content (AvgIpc) is 1.65. The van der Waals surface area contributed by atoms with Crippen molar-refractivity contribution < 1.29 is 5.11 Å². The van der Waals surface area contributed by atoms with Gasteiger partial charge in [-0.2, -0.15) is 0 Å². The summed E-state index contributed by atoms with van der Waals surface area (Å²) >= 11 is 0. The van der Waals surface area contributed by atoms with Crippen LogP contribution in [-0.2, 0) is 0 Å². The number of hydrogen-bond donors (Lipinski definition) is 2. The molecule has 0 aromatic rings. The molecule has 0 rings (SSSR count). The molecule has 0 aromatic heterocycles. The molecule has 0 aliphatic rings. The Morgan fingerprint density at radius 1 is 1.86 bits per heavy atom. The third-order valence-corrected chi connectivity index (χ3v) is 0.959. The van der Waals surface area contributed by atoms with Crippen LogP contribution in [-0.4, -0.2) is 29.8 Å². The molecule has 44 valence electrons. The van der Waals surface area contributed by atoms with E-state index in [1.807, 2.05) is 6.92 Å². The van der Waals surface area contributed by atoms with E-state index in [0.29, 0.717) is 0 Å². The van der Waals surface area contributed by atoms with Crippen molar-refractivity contribution in [2.75, 3.05) is 13.7 Å². The molecular weight excluding hydrogens is 92.1 g/mol. The molecule has 3 N–H and O–H groups in total. The first kappa shape index (κ1) is 6.88. The van der Waals surface area contributed by atoms with E-state index in [0.717, 1.165) is 0 Å². The van der Waals surface area contributed by atoms with Crippen molar-refractivity contribution in [3.8, 4) is 0 Å².